The second-order valence-corrected chi connectivity index (χ2v) is 5.35. The van der Waals surface area contributed by atoms with Gasteiger partial charge in [-0.1, -0.05) is 6.07 Å². The van der Waals surface area contributed by atoms with E-state index in [9.17, 15) is 4.79 Å². The fraction of sp³-hybridized carbons (Fsp3) is 0.200. The molecule has 0 radical (unpaired) electrons. The lowest BCUT2D eigenvalue weighted by molar-refractivity contribution is 0.0995. The van der Waals surface area contributed by atoms with E-state index < -0.39 is 5.91 Å². The monoisotopic (exact) mass is 294 g/mol. The molecule has 7 heteroatoms. The maximum Gasteiger partial charge on any atom is 0.267 e. The van der Waals surface area contributed by atoms with E-state index >= 15 is 0 Å². The Hall–Kier alpha value is -2.96. The molecule has 0 bridgehead atoms. The summed E-state index contributed by atoms with van der Waals surface area (Å²) in [7, 11) is 0. The Bertz CT molecular complexity index is 852. The molecule has 110 valence electrons. The van der Waals surface area contributed by atoms with Crippen molar-refractivity contribution in [3.05, 3.63) is 54.2 Å². The fourth-order valence-corrected chi connectivity index (χ4v) is 2.74. The topological polar surface area (TPSA) is 89.4 Å². The van der Waals surface area contributed by atoms with Gasteiger partial charge >= 0.3 is 0 Å². The number of carbonyl (C=O) groups is 1. The molecule has 2 N–H and O–H groups in total. The highest BCUT2D eigenvalue weighted by Gasteiger charge is 2.32. The van der Waals surface area contributed by atoms with Crippen LogP contribution in [-0.4, -0.2) is 38.6 Å². The molecule has 0 atom stereocenters. The lowest BCUT2D eigenvalue weighted by Crippen LogP contribution is -2.46. The minimum atomic E-state index is -0.512. The van der Waals surface area contributed by atoms with Crippen molar-refractivity contribution >= 4 is 17.2 Å². The van der Waals surface area contributed by atoms with Gasteiger partial charge in [0.25, 0.3) is 5.91 Å². The van der Waals surface area contributed by atoms with Crippen molar-refractivity contribution in [2.45, 2.75) is 5.92 Å². The first-order valence-corrected chi connectivity index (χ1v) is 7.03. The van der Waals surface area contributed by atoms with Crippen LogP contribution >= 0.6 is 0 Å². The van der Waals surface area contributed by atoms with Crippen LogP contribution in [0.3, 0.4) is 0 Å². The van der Waals surface area contributed by atoms with E-state index in [1.54, 1.807) is 12.3 Å². The van der Waals surface area contributed by atoms with Crippen LogP contribution in [0.1, 0.15) is 22.2 Å². The molecule has 1 amide bonds. The molecule has 7 nitrogen and oxygen atoms in total. The summed E-state index contributed by atoms with van der Waals surface area (Å²) >= 11 is 0. The number of pyridine rings is 2. The number of aromatic nitrogens is 4. The number of nitrogens with two attached hydrogens (primary N) is 1. The number of primary amides is 1. The summed E-state index contributed by atoms with van der Waals surface area (Å²) < 4.78 is 2.02. The van der Waals surface area contributed by atoms with E-state index in [0.29, 0.717) is 5.92 Å². The largest absolute Gasteiger partial charge is 0.370 e. The van der Waals surface area contributed by atoms with Crippen LogP contribution in [0.25, 0.3) is 5.65 Å². The average molecular weight is 294 g/mol. The molecule has 0 spiro atoms. The third kappa shape index (κ3) is 1.98. The molecule has 1 saturated heterocycles. The normalized spacial score (nSPS) is 15.0. The Balaban J connectivity index is 1.54. The van der Waals surface area contributed by atoms with E-state index in [4.69, 9.17) is 5.73 Å². The Labute approximate surface area is 126 Å². The van der Waals surface area contributed by atoms with Crippen LogP contribution in [0.15, 0.2) is 42.7 Å². The summed E-state index contributed by atoms with van der Waals surface area (Å²) in [5.41, 5.74) is 7.36. The van der Waals surface area contributed by atoms with Crippen molar-refractivity contribution in [3.8, 4) is 0 Å². The minimum Gasteiger partial charge on any atom is -0.370 e. The summed E-state index contributed by atoms with van der Waals surface area (Å²) in [6.45, 7) is 1.66. The zero-order valence-electron chi connectivity index (χ0n) is 11.8. The summed E-state index contributed by atoms with van der Waals surface area (Å²) in [6.07, 6.45) is 3.58. The van der Waals surface area contributed by atoms with E-state index in [-0.39, 0.29) is 5.69 Å². The van der Waals surface area contributed by atoms with E-state index in [0.717, 1.165) is 30.2 Å². The van der Waals surface area contributed by atoms with Crippen LogP contribution in [0, 0.1) is 0 Å². The SMILES string of the molecule is NC(=O)c1cc(N2CC(c3nnc4ccccn34)C2)ccn1. The first-order valence-electron chi connectivity index (χ1n) is 7.03. The third-order valence-corrected chi connectivity index (χ3v) is 3.95. The van der Waals surface area contributed by atoms with Gasteiger partial charge in [-0.15, -0.1) is 10.2 Å². The van der Waals surface area contributed by atoms with E-state index in [1.807, 2.05) is 34.9 Å². The quantitative estimate of drug-likeness (QED) is 0.772. The molecule has 3 aromatic heterocycles. The Morgan fingerprint density at radius 3 is 2.91 bits per heavy atom. The Kier molecular flexibility index (Phi) is 2.78. The van der Waals surface area contributed by atoms with Gasteiger partial charge in [0.2, 0.25) is 0 Å². The van der Waals surface area contributed by atoms with Crippen molar-refractivity contribution in [1.82, 2.24) is 19.6 Å². The predicted octanol–water partition coefficient (Wildman–Crippen LogP) is 0.827. The van der Waals surface area contributed by atoms with Gasteiger partial charge in [-0.25, -0.2) is 0 Å². The smallest absolute Gasteiger partial charge is 0.267 e. The molecule has 3 aromatic rings. The van der Waals surface area contributed by atoms with Crippen LogP contribution in [0.2, 0.25) is 0 Å². The zero-order valence-corrected chi connectivity index (χ0v) is 11.8. The molecular formula is C15H14N6O. The fourth-order valence-electron chi connectivity index (χ4n) is 2.74. The molecule has 0 saturated carbocycles. The van der Waals surface area contributed by atoms with Crippen molar-refractivity contribution in [1.29, 1.82) is 0 Å². The molecule has 4 rings (SSSR count). The highest BCUT2D eigenvalue weighted by atomic mass is 16.1. The second kappa shape index (κ2) is 4.80. The second-order valence-electron chi connectivity index (χ2n) is 5.35. The molecule has 0 unspecified atom stereocenters. The maximum absolute atomic E-state index is 11.2. The van der Waals surface area contributed by atoms with Crippen LogP contribution in [-0.2, 0) is 0 Å². The lowest BCUT2D eigenvalue weighted by atomic mass is 9.98. The number of fused-ring (bicyclic) bond motifs is 1. The van der Waals surface area contributed by atoms with Crippen LogP contribution in [0.4, 0.5) is 5.69 Å². The molecule has 1 fully saturated rings. The number of hydrogen-bond donors (Lipinski definition) is 1. The van der Waals surface area contributed by atoms with E-state index in [2.05, 4.69) is 20.1 Å². The molecule has 0 aliphatic carbocycles. The number of anilines is 1. The zero-order chi connectivity index (χ0) is 15.1. The maximum atomic E-state index is 11.2. The van der Waals surface area contributed by atoms with Gasteiger partial charge in [-0.2, -0.15) is 0 Å². The van der Waals surface area contributed by atoms with Crippen molar-refractivity contribution in [2.24, 2.45) is 5.73 Å². The molecule has 4 heterocycles. The molecule has 0 aromatic carbocycles. The first kappa shape index (κ1) is 12.8. The van der Waals surface area contributed by atoms with Gasteiger partial charge in [0.1, 0.15) is 11.5 Å². The van der Waals surface area contributed by atoms with Crippen molar-refractivity contribution in [3.63, 3.8) is 0 Å². The highest BCUT2D eigenvalue weighted by Crippen LogP contribution is 2.30. The Morgan fingerprint density at radius 1 is 1.23 bits per heavy atom. The Morgan fingerprint density at radius 2 is 2.09 bits per heavy atom. The highest BCUT2D eigenvalue weighted by molar-refractivity contribution is 5.91. The summed E-state index contributed by atoms with van der Waals surface area (Å²) in [6, 6.07) is 9.46. The van der Waals surface area contributed by atoms with Crippen LogP contribution < -0.4 is 10.6 Å². The first-order chi connectivity index (χ1) is 10.7. The third-order valence-electron chi connectivity index (χ3n) is 3.95. The van der Waals surface area contributed by atoms with Gasteiger partial charge in [-0.05, 0) is 24.3 Å². The van der Waals surface area contributed by atoms with Gasteiger partial charge in [0.15, 0.2) is 5.65 Å². The molecule has 1 aliphatic rings. The van der Waals surface area contributed by atoms with Crippen LogP contribution in [0.5, 0.6) is 0 Å². The average Bonchev–Trinajstić information content (AvgIpc) is 2.90. The molecule has 1 aliphatic heterocycles. The number of rotatable bonds is 3. The van der Waals surface area contributed by atoms with Gasteiger partial charge < -0.3 is 10.6 Å². The number of nitrogens with zero attached hydrogens (tertiary/aromatic N) is 5. The summed E-state index contributed by atoms with van der Waals surface area (Å²) in [4.78, 5) is 17.3. The van der Waals surface area contributed by atoms with Crippen molar-refractivity contribution < 1.29 is 4.79 Å². The minimum absolute atomic E-state index is 0.286. The van der Waals surface area contributed by atoms with Gasteiger partial charge in [0.05, 0.1) is 5.92 Å². The predicted molar refractivity (Wildman–Crippen MR) is 80.7 cm³/mol. The number of hydrogen-bond acceptors (Lipinski definition) is 5. The van der Waals surface area contributed by atoms with E-state index in [1.165, 1.54) is 0 Å². The number of amides is 1. The standard InChI is InChI=1S/C15H14N6O/c16-14(22)12-7-11(4-5-17-12)20-8-10(9-20)15-19-18-13-3-1-2-6-21(13)15/h1-7,10H,8-9H2,(H2,16,22). The summed E-state index contributed by atoms with van der Waals surface area (Å²) in [5.74, 6) is 0.779. The van der Waals surface area contributed by atoms with Crippen molar-refractivity contribution in [2.75, 3.05) is 18.0 Å². The lowest BCUT2D eigenvalue weighted by Gasteiger charge is -2.40. The van der Waals surface area contributed by atoms with Gasteiger partial charge in [-0.3, -0.25) is 14.2 Å². The molecule has 22 heavy (non-hydrogen) atoms. The number of carbonyl (C=O) groups excluding carboxylic acids is 1. The van der Waals surface area contributed by atoms with Gasteiger partial charge in [0, 0.05) is 31.2 Å². The summed E-state index contributed by atoms with van der Waals surface area (Å²) in [5, 5.41) is 8.47. The molecular weight excluding hydrogens is 280 g/mol.